The van der Waals surface area contributed by atoms with Gasteiger partial charge in [-0.1, -0.05) is 0 Å². The molecule has 21 heavy (non-hydrogen) atoms. The van der Waals surface area contributed by atoms with E-state index in [0.717, 1.165) is 6.07 Å². The maximum atomic E-state index is 13.8. The van der Waals surface area contributed by atoms with Crippen LogP contribution >= 0.6 is 0 Å². The molecule has 0 amide bonds. The molecule has 0 saturated heterocycles. The van der Waals surface area contributed by atoms with E-state index in [1.165, 1.54) is 6.20 Å². The molecular weight excluding hydrogens is 284 g/mol. The number of carboxylic acid groups (broad SMARTS) is 1. The third-order valence-electron chi connectivity index (χ3n) is 3.31. The molecule has 5 nitrogen and oxygen atoms in total. The number of aromatic carboxylic acids is 1. The molecule has 1 aliphatic heterocycles. The molecule has 0 saturated carbocycles. The zero-order chi connectivity index (χ0) is 15.7. The van der Waals surface area contributed by atoms with Crippen molar-refractivity contribution in [2.75, 3.05) is 13.8 Å². The molecule has 0 atom stereocenters. The van der Waals surface area contributed by atoms with Gasteiger partial charge in [-0.05, 0) is 13.0 Å². The van der Waals surface area contributed by atoms with Crippen LogP contribution in [0.15, 0.2) is 17.1 Å². The highest BCUT2D eigenvalue weighted by molar-refractivity contribution is 5.95. The number of benzene rings is 1. The smallest absolute Gasteiger partial charge is 0.341 e. The summed E-state index contributed by atoms with van der Waals surface area (Å²) < 4.78 is 30.3. The van der Waals surface area contributed by atoms with E-state index in [1.807, 2.05) is 0 Å². The van der Waals surface area contributed by atoms with Crippen LogP contribution in [0.25, 0.3) is 10.9 Å². The van der Waals surface area contributed by atoms with Gasteiger partial charge >= 0.3 is 5.97 Å². The van der Waals surface area contributed by atoms with Crippen molar-refractivity contribution in [1.29, 1.82) is 0 Å². The van der Waals surface area contributed by atoms with Gasteiger partial charge in [0.15, 0.2) is 0 Å². The summed E-state index contributed by atoms with van der Waals surface area (Å²) >= 11 is 0. The summed E-state index contributed by atoms with van der Waals surface area (Å²) in [4.78, 5) is 23.1. The number of hydrogen-bond donors (Lipinski definition) is 1. The van der Waals surface area contributed by atoms with Crippen molar-refractivity contribution in [3.05, 3.63) is 39.4 Å². The second kappa shape index (κ2) is 5.51. The van der Waals surface area contributed by atoms with Gasteiger partial charge in [0.05, 0.1) is 24.6 Å². The number of halogens is 2. The lowest BCUT2D eigenvalue weighted by atomic mass is 10.1. The number of ether oxygens (including phenoxy) is 1. The Morgan fingerprint density at radius 3 is 2.71 bits per heavy atom. The van der Waals surface area contributed by atoms with Gasteiger partial charge in [-0.25, -0.2) is 9.18 Å². The highest BCUT2D eigenvalue weighted by Crippen LogP contribution is 2.32. The first-order valence-corrected chi connectivity index (χ1v) is 6.11. The summed E-state index contributed by atoms with van der Waals surface area (Å²) in [6, 6.07) is 1.08. The molecule has 1 aromatic carbocycles. The maximum Gasteiger partial charge on any atom is 0.341 e. The molecule has 1 aliphatic rings. The molecule has 0 aliphatic carbocycles. The predicted octanol–water partition coefficient (Wildman–Crippen LogP) is 2.13. The van der Waals surface area contributed by atoms with Gasteiger partial charge in [0.1, 0.15) is 23.7 Å². The number of carboxylic acids is 1. The van der Waals surface area contributed by atoms with Crippen molar-refractivity contribution in [2.24, 2.45) is 0 Å². The Bertz CT molecular complexity index is 783. The molecule has 0 spiro atoms. The molecule has 112 valence electrons. The van der Waals surface area contributed by atoms with Crippen molar-refractivity contribution in [2.45, 2.75) is 13.5 Å². The van der Waals surface area contributed by atoms with Crippen molar-refractivity contribution >= 4 is 16.9 Å². The van der Waals surface area contributed by atoms with Crippen LogP contribution < -0.4 is 10.2 Å². The van der Waals surface area contributed by atoms with Crippen LogP contribution in [0, 0.1) is 12.7 Å². The molecular formula is C14H13F2NO4. The fourth-order valence-corrected chi connectivity index (χ4v) is 2.35. The van der Waals surface area contributed by atoms with Crippen molar-refractivity contribution in [1.82, 2.24) is 4.57 Å². The first-order chi connectivity index (χ1) is 10.0. The van der Waals surface area contributed by atoms with Gasteiger partial charge in [-0.2, -0.15) is 0 Å². The standard InChI is InChI=1S/C13H10FNO4.CH3F/c1-6-9(14)4-7-10-12(6)19-3-2-15(10)5-8(11(7)16)13(17)18;1-2/h4-5H,2-3H2,1H3,(H,17,18);1H3. The Hall–Kier alpha value is -2.44. The van der Waals surface area contributed by atoms with Crippen molar-refractivity contribution in [3.8, 4) is 5.75 Å². The van der Waals surface area contributed by atoms with E-state index in [-0.39, 0.29) is 10.9 Å². The number of carbonyl (C=O) groups is 1. The molecule has 7 heteroatoms. The van der Waals surface area contributed by atoms with Crippen LogP contribution in [-0.4, -0.2) is 29.4 Å². The highest BCUT2D eigenvalue weighted by Gasteiger charge is 2.23. The highest BCUT2D eigenvalue weighted by atomic mass is 19.1. The van der Waals surface area contributed by atoms with Gasteiger partial charge in [-0.15, -0.1) is 0 Å². The maximum absolute atomic E-state index is 13.8. The van der Waals surface area contributed by atoms with E-state index < -0.39 is 17.2 Å². The summed E-state index contributed by atoms with van der Waals surface area (Å²) in [7, 11) is 0.500. The summed E-state index contributed by atoms with van der Waals surface area (Å²) in [6.07, 6.45) is 1.29. The molecule has 1 aromatic heterocycles. The van der Waals surface area contributed by atoms with Crippen LogP contribution in [0.5, 0.6) is 5.75 Å². The second-order valence-corrected chi connectivity index (χ2v) is 4.43. The molecule has 0 fully saturated rings. The zero-order valence-corrected chi connectivity index (χ0v) is 11.4. The Balaban J connectivity index is 0.000000774. The molecule has 2 aromatic rings. The third kappa shape index (κ3) is 2.24. The van der Waals surface area contributed by atoms with E-state index in [0.29, 0.717) is 37.2 Å². The zero-order valence-electron chi connectivity index (χ0n) is 11.4. The molecule has 0 bridgehead atoms. The van der Waals surface area contributed by atoms with E-state index >= 15 is 0 Å². The quantitative estimate of drug-likeness (QED) is 0.875. The predicted molar refractivity (Wildman–Crippen MR) is 72.4 cm³/mol. The van der Waals surface area contributed by atoms with E-state index in [9.17, 15) is 18.4 Å². The fourth-order valence-electron chi connectivity index (χ4n) is 2.35. The van der Waals surface area contributed by atoms with Gasteiger partial charge in [0.2, 0.25) is 5.43 Å². The number of alkyl halides is 1. The number of rotatable bonds is 1. The normalized spacial score (nSPS) is 12.4. The van der Waals surface area contributed by atoms with Crippen LogP contribution in [0.2, 0.25) is 0 Å². The van der Waals surface area contributed by atoms with Crippen molar-refractivity contribution < 1.29 is 23.4 Å². The third-order valence-corrected chi connectivity index (χ3v) is 3.31. The average molecular weight is 297 g/mol. The monoisotopic (exact) mass is 297 g/mol. The summed E-state index contributed by atoms with van der Waals surface area (Å²) in [6.45, 7) is 2.30. The number of hydrogen-bond acceptors (Lipinski definition) is 3. The van der Waals surface area contributed by atoms with E-state index in [1.54, 1.807) is 11.5 Å². The van der Waals surface area contributed by atoms with Crippen LogP contribution in [0.1, 0.15) is 15.9 Å². The Kier molecular flexibility index (Phi) is 3.93. The molecule has 3 rings (SSSR count). The largest absolute Gasteiger partial charge is 0.489 e. The van der Waals surface area contributed by atoms with Crippen LogP contribution in [0.4, 0.5) is 8.78 Å². The first kappa shape index (κ1) is 15.0. The topological polar surface area (TPSA) is 68.5 Å². The minimum absolute atomic E-state index is 0.0395. The fraction of sp³-hybridized carbons (Fsp3) is 0.286. The van der Waals surface area contributed by atoms with Gasteiger partial charge < -0.3 is 14.4 Å². The summed E-state index contributed by atoms with van der Waals surface area (Å²) in [5.74, 6) is -1.57. The number of aromatic nitrogens is 1. The molecule has 0 radical (unpaired) electrons. The first-order valence-electron chi connectivity index (χ1n) is 6.11. The molecule has 0 unspecified atom stereocenters. The van der Waals surface area contributed by atoms with Gasteiger partial charge in [-0.3, -0.25) is 9.18 Å². The lowest BCUT2D eigenvalue weighted by Crippen LogP contribution is -2.24. The summed E-state index contributed by atoms with van der Waals surface area (Å²) in [5.41, 5.74) is -0.267. The van der Waals surface area contributed by atoms with Crippen molar-refractivity contribution in [3.63, 3.8) is 0 Å². The Labute approximate surface area is 118 Å². The Morgan fingerprint density at radius 2 is 2.10 bits per heavy atom. The molecule has 2 heterocycles. The van der Waals surface area contributed by atoms with E-state index in [2.05, 4.69) is 0 Å². The SMILES string of the molecule is CF.Cc1c(F)cc2c(=O)c(C(=O)O)cn3c2c1OCC3. The molecule has 1 N–H and O–H groups in total. The number of nitrogens with zero attached hydrogens (tertiary/aromatic N) is 1. The second-order valence-electron chi connectivity index (χ2n) is 4.43. The minimum Gasteiger partial charge on any atom is -0.489 e. The minimum atomic E-state index is -1.32. The van der Waals surface area contributed by atoms with Gasteiger partial charge in [0, 0.05) is 11.8 Å². The number of pyridine rings is 1. The van der Waals surface area contributed by atoms with Gasteiger partial charge in [0.25, 0.3) is 0 Å². The Morgan fingerprint density at radius 1 is 1.43 bits per heavy atom. The average Bonchev–Trinajstić information content (AvgIpc) is 2.49. The summed E-state index contributed by atoms with van der Waals surface area (Å²) in [5, 5.41) is 9.06. The van der Waals surface area contributed by atoms with Crippen LogP contribution in [-0.2, 0) is 6.54 Å². The lowest BCUT2D eigenvalue weighted by molar-refractivity contribution is 0.0694. The van der Waals surface area contributed by atoms with Crippen LogP contribution in [0.3, 0.4) is 0 Å². The lowest BCUT2D eigenvalue weighted by Gasteiger charge is -2.22. The van der Waals surface area contributed by atoms with E-state index in [4.69, 9.17) is 9.84 Å².